The van der Waals surface area contributed by atoms with E-state index in [9.17, 15) is 4.79 Å². The van der Waals surface area contributed by atoms with Crippen LogP contribution in [-0.4, -0.2) is 37.1 Å². The van der Waals surface area contributed by atoms with Gasteiger partial charge in [0.15, 0.2) is 0 Å². The summed E-state index contributed by atoms with van der Waals surface area (Å²) in [7, 11) is 0. The molecular formula is C12H21N3O2S. The van der Waals surface area contributed by atoms with Crippen molar-refractivity contribution >= 4 is 17.2 Å². The molecule has 0 spiro atoms. The van der Waals surface area contributed by atoms with Crippen molar-refractivity contribution in [1.29, 1.82) is 0 Å². The lowest BCUT2D eigenvalue weighted by Gasteiger charge is -2.20. The maximum Gasteiger partial charge on any atom is 0.275 e. The van der Waals surface area contributed by atoms with Crippen LogP contribution in [0.4, 0.5) is 0 Å². The first-order valence-corrected chi connectivity index (χ1v) is 6.98. The number of rotatable bonds is 8. The molecule has 0 aliphatic heterocycles. The fraction of sp³-hybridized carbons (Fsp3) is 0.583. The average Bonchev–Trinajstić information content (AvgIpc) is 2.85. The molecule has 0 atom stereocenters. The Bertz CT molecular complexity index is 368. The molecule has 3 N–H and O–H groups in total. The fourth-order valence-corrected chi connectivity index (χ4v) is 2.47. The second kappa shape index (κ2) is 8.20. The van der Waals surface area contributed by atoms with E-state index < -0.39 is 0 Å². The molecule has 0 aromatic carbocycles. The van der Waals surface area contributed by atoms with Gasteiger partial charge in [-0.3, -0.25) is 15.1 Å². The summed E-state index contributed by atoms with van der Waals surface area (Å²) in [5, 5.41) is 1.91. The first-order chi connectivity index (χ1) is 8.72. The van der Waals surface area contributed by atoms with Gasteiger partial charge in [0.05, 0.1) is 11.5 Å². The summed E-state index contributed by atoms with van der Waals surface area (Å²) in [5.41, 5.74) is 3.19. The largest absolute Gasteiger partial charge is 0.380 e. The second-order valence-corrected chi connectivity index (χ2v) is 4.73. The first-order valence-electron chi connectivity index (χ1n) is 6.10. The molecule has 0 saturated carbocycles. The molecule has 1 aromatic heterocycles. The van der Waals surface area contributed by atoms with Gasteiger partial charge in [-0.1, -0.05) is 6.92 Å². The number of ether oxygens (including phenoxy) is 1. The van der Waals surface area contributed by atoms with Gasteiger partial charge in [0, 0.05) is 19.7 Å². The van der Waals surface area contributed by atoms with Crippen LogP contribution in [0.5, 0.6) is 0 Å². The van der Waals surface area contributed by atoms with Crippen LogP contribution in [0.25, 0.3) is 0 Å². The Kier molecular flexibility index (Phi) is 6.89. The van der Waals surface area contributed by atoms with Gasteiger partial charge in [-0.15, -0.1) is 11.3 Å². The van der Waals surface area contributed by atoms with Crippen molar-refractivity contribution in [2.24, 2.45) is 5.84 Å². The number of carbonyl (C=O) groups excluding carboxylic acids is 1. The van der Waals surface area contributed by atoms with Gasteiger partial charge < -0.3 is 4.74 Å². The maximum atomic E-state index is 11.6. The molecule has 1 heterocycles. The number of hydrogen-bond acceptors (Lipinski definition) is 5. The molecule has 102 valence electrons. The summed E-state index contributed by atoms with van der Waals surface area (Å²) in [6, 6.07) is 1.97. The number of nitrogens with one attached hydrogen (secondary N) is 1. The van der Waals surface area contributed by atoms with Crippen LogP contribution in [0.15, 0.2) is 11.4 Å². The minimum atomic E-state index is -0.221. The molecular weight excluding hydrogens is 250 g/mol. The molecule has 0 unspecified atom stereocenters. The lowest BCUT2D eigenvalue weighted by atomic mass is 10.2. The van der Waals surface area contributed by atoms with Crippen molar-refractivity contribution in [1.82, 2.24) is 10.3 Å². The molecule has 0 aliphatic rings. The van der Waals surface area contributed by atoms with Crippen LogP contribution in [0.1, 0.15) is 29.1 Å². The summed E-state index contributed by atoms with van der Waals surface area (Å²) in [4.78, 5) is 14.5. The predicted octanol–water partition coefficient (Wildman–Crippen LogP) is 1.21. The van der Waals surface area contributed by atoms with Crippen LogP contribution >= 0.6 is 11.3 Å². The maximum absolute atomic E-state index is 11.6. The highest BCUT2D eigenvalue weighted by molar-refractivity contribution is 7.12. The van der Waals surface area contributed by atoms with Gasteiger partial charge in [0.1, 0.15) is 0 Å². The molecule has 0 aliphatic carbocycles. The molecule has 1 amide bonds. The normalized spacial score (nSPS) is 10.9. The first kappa shape index (κ1) is 15.1. The number of hydrazine groups is 1. The van der Waals surface area contributed by atoms with Crippen LogP contribution < -0.4 is 11.3 Å². The number of amides is 1. The zero-order valence-electron chi connectivity index (χ0n) is 10.9. The summed E-state index contributed by atoms with van der Waals surface area (Å²) < 4.78 is 5.35. The number of carbonyl (C=O) groups is 1. The van der Waals surface area contributed by atoms with E-state index in [1.165, 1.54) is 11.3 Å². The van der Waals surface area contributed by atoms with E-state index in [4.69, 9.17) is 10.6 Å². The highest BCUT2D eigenvalue weighted by Gasteiger charge is 2.14. The van der Waals surface area contributed by atoms with Gasteiger partial charge in [0.25, 0.3) is 5.91 Å². The SMILES string of the molecule is CCOCCN(CC)Cc1ccsc1C(=O)NN. The van der Waals surface area contributed by atoms with Gasteiger partial charge in [-0.05, 0) is 30.5 Å². The lowest BCUT2D eigenvalue weighted by Crippen LogP contribution is -2.31. The van der Waals surface area contributed by atoms with E-state index in [0.717, 1.165) is 31.8 Å². The number of hydrogen-bond donors (Lipinski definition) is 2. The minimum Gasteiger partial charge on any atom is -0.380 e. The molecule has 0 bridgehead atoms. The minimum absolute atomic E-state index is 0.221. The molecule has 0 radical (unpaired) electrons. The smallest absolute Gasteiger partial charge is 0.275 e. The lowest BCUT2D eigenvalue weighted by molar-refractivity contribution is 0.0954. The Labute approximate surface area is 112 Å². The molecule has 0 fully saturated rings. The Morgan fingerprint density at radius 1 is 1.56 bits per heavy atom. The Hall–Kier alpha value is -0.950. The molecule has 1 rings (SSSR count). The van der Waals surface area contributed by atoms with Crippen LogP contribution in [-0.2, 0) is 11.3 Å². The highest BCUT2D eigenvalue weighted by Crippen LogP contribution is 2.18. The van der Waals surface area contributed by atoms with Crippen molar-refractivity contribution in [3.8, 4) is 0 Å². The van der Waals surface area contributed by atoms with E-state index in [1.807, 2.05) is 18.4 Å². The predicted molar refractivity (Wildman–Crippen MR) is 73.4 cm³/mol. The number of nitrogens with zero attached hydrogens (tertiary/aromatic N) is 1. The fourth-order valence-electron chi connectivity index (χ4n) is 1.65. The Morgan fingerprint density at radius 3 is 2.94 bits per heavy atom. The number of thiophene rings is 1. The molecule has 0 saturated heterocycles. The summed E-state index contributed by atoms with van der Waals surface area (Å²) in [5.74, 6) is 4.95. The number of likely N-dealkylation sites (N-methyl/N-ethyl adjacent to an activating group) is 1. The van der Waals surface area contributed by atoms with E-state index >= 15 is 0 Å². The van der Waals surface area contributed by atoms with Crippen molar-refractivity contribution in [3.63, 3.8) is 0 Å². The monoisotopic (exact) mass is 271 g/mol. The highest BCUT2D eigenvalue weighted by atomic mass is 32.1. The van der Waals surface area contributed by atoms with Gasteiger partial charge in [-0.25, -0.2) is 5.84 Å². The standard InChI is InChI=1S/C12H21N3O2S/c1-3-15(6-7-17-4-2)9-10-5-8-18-11(10)12(16)14-13/h5,8H,3-4,6-7,9,13H2,1-2H3,(H,14,16). The number of nitrogens with two attached hydrogens (primary N) is 1. The van der Waals surface area contributed by atoms with Crippen molar-refractivity contribution < 1.29 is 9.53 Å². The summed E-state index contributed by atoms with van der Waals surface area (Å²) >= 11 is 1.41. The van der Waals surface area contributed by atoms with Gasteiger partial charge in [0.2, 0.25) is 0 Å². The van der Waals surface area contributed by atoms with E-state index in [-0.39, 0.29) is 5.91 Å². The van der Waals surface area contributed by atoms with Gasteiger partial charge >= 0.3 is 0 Å². The van der Waals surface area contributed by atoms with Crippen LogP contribution in [0, 0.1) is 0 Å². The molecule has 6 heteroatoms. The van der Waals surface area contributed by atoms with E-state index in [0.29, 0.717) is 11.5 Å². The van der Waals surface area contributed by atoms with Crippen molar-refractivity contribution in [2.45, 2.75) is 20.4 Å². The van der Waals surface area contributed by atoms with E-state index in [2.05, 4.69) is 17.2 Å². The molecule has 18 heavy (non-hydrogen) atoms. The zero-order valence-corrected chi connectivity index (χ0v) is 11.8. The summed E-state index contributed by atoms with van der Waals surface area (Å²) in [6.07, 6.45) is 0. The van der Waals surface area contributed by atoms with Crippen molar-refractivity contribution in [2.75, 3.05) is 26.3 Å². The van der Waals surface area contributed by atoms with Gasteiger partial charge in [-0.2, -0.15) is 0 Å². The molecule has 1 aromatic rings. The zero-order chi connectivity index (χ0) is 13.4. The average molecular weight is 271 g/mol. The summed E-state index contributed by atoms with van der Waals surface area (Å²) in [6.45, 7) is 8.07. The molecule has 5 nitrogen and oxygen atoms in total. The van der Waals surface area contributed by atoms with Crippen molar-refractivity contribution in [3.05, 3.63) is 21.9 Å². The third-order valence-electron chi connectivity index (χ3n) is 2.68. The topological polar surface area (TPSA) is 67.6 Å². The second-order valence-electron chi connectivity index (χ2n) is 3.81. The van der Waals surface area contributed by atoms with Crippen LogP contribution in [0.2, 0.25) is 0 Å². The Balaban J connectivity index is 2.58. The Morgan fingerprint density at radius 2 is 2.33 bits per heavy atom. The third-order valence-corrected chi connectivity index (χ3v) is 3.64. The van der Waals surface area contributed by atoms with Crippen LogP contribution in [0.3, 0.4) is 0 Å². The third kappa shape index (κ3) is 4.38. The number of nitrogen functional groups attached to an aromatic ring is 1. The quantitative estimate of drug-likeness (QED) is 0.323. The van der Waals surface area contributed by atoms with E-state index in [1.54, 1.807) is 0 Å².